The van der Waals surface area contributed by atoms with E-state index >= 15 is 0 Å². The van der Waals surface area contributed by atoms with Crippen LogP contribution >= 0.6 is 0 Å². The van der Waals surface area contributed by atoms with E-state index in [0.29, 0.717) is 25.9 Å². The number of aliphatic carboxylic acids is 1. The summed E-state index contributed by atoms with van der Waals surface area (Å²) in [5.74, 6) is -3.18. The molecule has 9 heteroatoms. The predicted molar refractivity (Wildman–Crippen MR) is 96.2 cm³/mol. The Balaban J connectivity index is 1.78. The third-order valence-electron chi connectivity index (χ3n) is 5.09. The van der Waals surface area contributed by atoms with Crippen LogP contribution < -0.4 is 10.6 Å². The molecule has 0 saturated carbocycles. The van der Waals surface area contributed by atoms with Gasteiger partial charge in [0.1, 0.15) is 0 Å². The zero-order chi connectivity index (χ0) is 19.7. The number of anilines is 1. The van der Waals surface area contributed by atoms with Crippen molar-refractivity contribution >= 4 is 23.5 Å². The fourth-order valence-corrected chi connectivity index (χ4v) is 3.76. The van der Waals surface area contributed by atoms with E-state index in [1.165, 1.54) is 0 Å². The summed E-state index contributed by atoms with van der Waals surface area (Å²) < 4.78 is 7.21. The molecule has 0 radical (unpaired) electrons. The molecule has 9 nitrogen and oxygen atoms in total. The van der Waals surface area contributed by atoms with E-state index in [0.717, 1.165) is 0 Å². The number of hydrogen-bond donors (Lipinski definition) is 3. The van der Waals surface area contributed by atoms with Gasteiger partial charge in [-0.15, -0.1) is 0 Å². The Hall–Kier alpha value is -2.42. The number of carboxylic acids is 1. The molecule has 3 N–H and O–H groups in total. The number of aromatic nitrogens is 2. The lowest BCUT2D eigenvalue weighted by Gasteiger charge is -2.23. The van der Waals surface area contributed by atoms with Crippen LogP contribution in [0.25, 0.3) is 0 Å². The average molecular weight is 378 g/mol. The molecule has 3 heterocycles. The highest BCUT2D eigenvalue weighted by molar-refractivity contribution is 6.03. The number of carbonyl (C=O) groups excluding carboxylic acids is 2. The van der Waals surface area contributed by atoms with Gasteiger partial charge in [-0.25, -0.2) is 0 Å². The highest BCUT2D eigenvalue weighted by atomic mass is 16.5. The van der Waals surface area contributed by atoms with Crippen LogP contribution in [0.4, 0.5) is 5.69 Å². The molecule has 1 aromatic heterocycles. The number of aryl methyl sites for hydroxylation is 1. The molecule has 2 aliphatic heterocycles. The van der Waals surface area contributed by atoms with Crippen molar-refractivity contribution in [2.45, 2.75) is 52.4 Å². The Morgan fingerprint density at radius 1 is 1.30 bits per heavy atom. The summed E-state index contributed by atoms with van der Waals surface area (Å²) in [5, 5.41) is 19.2. The van der Waals surface area contributed by atoms with E-state index in [9.17, 15) is 19.5 Å². The van der Waals surface area contributed by atoms with Gasteiger partial charge in [0.2, 0.25) is 5.91 Å². The third kappa shape index (κ3) is 3.83. The molecule has 148 valence electrons. The molecule has 4 atom stereocenters. The Bertz CT molecular complexity index is 744. The van der Waals surface area contributed by atoms with E-state index in [2.05, 4.69) is 15.7 Å². The topological polar surface area (TPSA) is 123 Å². The largest absolute Gasteiger partial charge is 0.481 e. The number of hydrogen-bond acceptors (Lipinski definition) is 5. The zero-order valence-corrected chi connectivity index (χ0v) is 15.8. The van der Waals surface area contributed by atoms with Crippen molar-refractivity contribution in [2.75, 3.05) is 11.9 Å². The standard InChI is InChI=1S/C18H26N4O5/c1-4-22-8-10(15(21-22)17(24)19-7-9(2)3)20-16(23)13-11-5-6-12(27-11)14(13)18(25)26/h8-9,11-14H,4-7H2,1-3H3,(H,19,24)(H,20,23)(H,25,26)/t11-,12-,13+,14-/m0/s1. The van der Waals surface area contributed by atoms with E-state index in [-0.39, 0.29) is 23.2 Å². The quantitative estimate of drug-likeness (QED) is 0.653. The molecule has 1 aromatic rings. The smallest absolute Gasteiger partial charge is 0.310 e. The van der Waals surface area contributed by atoms with Crippen LogP contribution in [0.15, 0.2) is 6.20 Å². The second kappa shape index (κ2) is 7.67. The van der Waals surface area contributed by atoms with Crippen LogP contribution in [0.1, 0.15) is 44.1 Å². The van der Waals surface area contributed by atoms with Gasteiger partial charge >= 0.3 is 5.97 Å². The summed E-state index contributed by atoms with van der Waals surface area (Å²) >= 11 is 0. The van der Waals surface area contributed by atoms with Crippen molar-refractivity contribution in [1.82, 2.24) is 15.1 Å². The molecule has 2 aliphatic rings. The van der Waals surface area contributed by atoms with Crippen LogP contribution in [0.5, 0.6) is 0 Å². The molecule has 2 bridgehead atoms. The molecule has 2 amide bonds. The third-order valence-corrected chi connectivity index (χ3v) is 5.09. The lowest BCUT2D eigenvalue weighted by Crippen LogP contribution is -2.41. The number of carbonyl (C=O) groups is 3. The molecular weight excluding hydrogens is 352 g/mol. The molecular formula is C18H26N4O5. The summed E-state index contributed by atoms with van der Waals surface area (Å²) in [6.07, 6.45) is 2.10. The van der Waals surface area contributed by atoms with Crippen LogP contribution in [-0.4, -0.2) is 51.4 Å². The van der Waals surface area contributed by atoms with Crippen LogP contribution in [0.3, 0.4) is 0 Å². The summed E-state index contributed by atoms with van der Waals surface area (Å²) in [6, 6.07) is 0. The Kier molecular flexibility index (Phi) is 5.50. The lowest BCUT2D eigenvalue weighted by molar-refractivity contribution is -0.147. The summed E-state index contributed by atoms with van der Waals surface area (Å²) in [4.78, 5) is 36.9. The predicted octanol–water partition coefficient (Wildman–Crippen LogP) is 1.11. The zero-order valence-electron chi connectivity index (χ0n) is 15.8. The van der Waals surface area contributed by atoms with Gasteiger partial charge in [0, 0.05) is 19.3 Å². The second-order valence-electron chi connectivity index (χ2n) is 7.52. The molecule has 2 fully saturated rings. The Labute approximate surface area is 157 Å². The minimum atomic E-state index is -1.03. The lowest BCUT2D eigenvalue weighted by atomic mass is 9.78. The van der Waals surface area contributed by atoms with Gasteiger partial charge in [-0.2, -0.15) is 5.10 Å². The van der Waals surface area contributed by atoms with Gasteiger partial charge in [0.15, 0.2) is 5.69 Å². The van der Waals surface area contributed by atoms with Gasteiger partial charge < -0.3 is 20.5 Å². The summed E-state index contributed by atoms with van der Waals surface area (Å²) in [7, 11) is 0. The first kappa shape index (κ1) is 19.3. The van der Waals surface area contributed by atoms with E-state index < -0.39 is 35.9 Å². The molecule has 3 rings (SSSR count). The minimum absolute atomic E-state index is 0.127. The van der Waals surface area contributed by atoms with E-state index in [1.807, 2.05) is 20.8 Å². The summed E-state index contributed by atoms with van der Waals surface area (Å²) in [6.45, 7) is 6.87. The Morgan fingerprint density at radius 3 is 2.56 bits per heavy atom. The number of fused-ring (bicyclic) bond motifs is 2. The van der Waals surface area contributed by atoms with Crippen molar-refractivity contribution in [3.8, 4) is 0 Å². The van der Waals surface area contributed by atoms with Crippen molar-refractivity contribution < 1.29 is 24.2 Å². The fourth-order valence-electron chi connectivity index (χ4n) is 3.76. The molecule has 0 spiro atoms. The van der Waals surface area contributed by atoms with Crippen molar-refractivity contribution in [1.29, 1.82) is 0 Å². The monoisotopic (exact) mass is 378 g/mol. The number of rotatable bonds is 7. The number of carboxylic acid groups (broad SMARTS) is 1. The molecule has 0 aliphatic carbocycles. The van der Waals surface area contributed by atoms with Gasteiger partial charge in [-0.1, -0.05) is 13.8 Å². The normalized spacial score (nSPS) is 26.4. The number of nitrogens with one attached hydrogen (secondary N) is 2. The number of ether oxygens (including phenoxy) is 1. The van der Waals surface area contributed by atoms with Gasteiger partial charge in [-0.05, 0) is 25.7 Å². The van der Waals surface area contributed by atoms with Crippen molar-refractivity contribution in [2.24, 2.45) is 17.8 Å². The molecule has 0 unspecified atom stereocenters. The SMILES string of the molecule is CCn1cc(NC(=O)[C@H]2[C@@H](C(=O)O)[C@@H]3CC[C@@H]2O3)c(C(=O)NCC(C)C)n1. The maximum Gasteiger partial charge on any atom is 0.310 e. The average Bonchev–Trinajstić information content (AvgIpc) is 3.32. The van der Waals surface area contributed by atoms with Crippen molar-refractivity contribution in [3.05, 3.63) is 11.9 Å². The van der Waals surface area contributed by atoms with Crippen LogP contribution in [-0.2, 0) is 20.9 Å². The highest BCUT2D eigenvalue weighted by Gasteiger charge is 2.55. The van der Waals surface area contributed by atoms with Gasteiger partial charge in [0.25, 0.3) is 5.91 Å². The molecule has 0 aromatic carbocycles. The maximum absolute atomic E-state index is 12.8. The number of amides is 2. The first-order chi connectivity index (χ1) is 12.8. The fraction of sp³-hybridized carbons (Fsp3) is 0.667. The van der Waals surface area contributed by atoms with Crippen molar-refractivity contribution in [3.63, 3.8) is 0 Å². The molecule has 27 heavy (non-hydrogen) atoms. The summed E-state index contributed by atoms with van der Waals surface area (Å²) in [5.41, 5.74) is 0.414. The second-order valence-corrected chi connectivity index (χ2v) is 7.52. The first-order valence-corrected chi connectivity index (χ1v) is 9.36. The van der Waals surface area contributed by atoms with E-state index in [4.69, 9.17) is 4.74 Å². The van der Waals surface area contributed by atoms with E-state index in [1.54, 1.807) is 10.9 Å². The minimum Gasteiger partial charge on any atom is -0.481 e. The van der Waals surface area contributed by atoms with Gasteiger partial charge in [0.05, 0.1) is 29.7 Å². The number of nitrogens with zero attached hydrogens (tertiary/aromatic N) is 2. The van der Waals surface area contributed by atoms with Crippen LogP contribution in [0.2, 0.25) is 0 Å². The van der Waals surface area contributed by atoms with Gasteiger partial charge in [-0.3, -0.25) is 19.1 Å². The Morgan fingerprint density at radius 2 is 1.96 bits per heavy atom. The first-order valence-electron chi connectivity index (χ1n) is 9.36. The molecule has 2 saturated heterocycles. The highest BCUT2D eigenvalue weighted by Crippen LogP contribution is 2.44. The maximum atomic E-state index is 12.8. The van der Waals surface area contributed by atoms with Crippen LogP contribution in [0, 0.1) is 17.8 Å².